The number of carbonyl (C=O) groups is 1. The van der Waals surface area contributed by atoms with Crippen LogP contribution >= 0.6 is 0 Å². The average Bonchev–Trinajstić information content (AvgIpc) is 2.81. The summed E-state index contributed by atoms with van der Waals surface area (Å²) >= 11 is 0. The summed E-state index contributed by atoms with van der Waals surface area (Å²) < 4.78 is 5.74. The number of carbonyl (C=O) groups excluding carboxylic acids is 1. The molecule has 1 aromatic rings. The second-order valence-corrected chi connectivity index (χ2v) is 10.7. The smallest absolute Gasteiger partial charge is 0.314 e. The van der Waals surface area contributed by atoms with Crippen molar-refractivity contribution in [3.63, 3.8) is 0 Å². The molecule has 1 atom stereocenters. The van der Waals surface area contributed by atoms with Crippen molar-refractivity contribution < 1.29 is 9.53 Å². The first-order chi connectivity index (χ1) is 15.1. The highest BCUT2D eigenvalue weighted by Crippen LogP contribution is 2.43. The maximum Gasteiger partial charge on any atom is 0.314 e. The summed E-state index contributed by atoms with van der Waals surface area (Å²) in [6.07, 6.45) is 17.8. The SMILES string of the molecule is CCCCCc1ccc(OC(=O)C2CCC(C3CCC(CC(C)CC)CC3)CC2)cc1. The van der Waals surface area contributed by atoms with Crippen LogP contribution in [0.1, 0.15) is 110 Å². The van der Waals surface area contributed by atoms with Gasteiger partial charge in [0.2, 0.25) is 0 Å². The quantitative estimate of drug-likeness (QED) is 0.213. The van der Waals surface area contributed by atoms with E-state index in [0.717, 1.165) is 42.9 Å². The van der Waals surface area contributed by atoms with E-state index in [1.807, 2.05) is 12.1 Å². The molecule has 0 amide bonds. The van der Waals surface area contributed by atoms with E-state index in [4.69, 9.17) is 4.74 Å². The predicted octanol–water partition coefficient (Wildman–Crippen LogP) is 8.37. The lowest BCUT2D eigenvalue weighted by Gasteiger charge is -2.37. The Hall–Kier alpha value is -1.31. The van der Waals surface area contributed by atoms with E-state index < -0.39 is 0 Å². The van der Waals surface area contributed by atoms with Gasteiger partial charge in [0.05, 0.1) is 5.92 Å². The van der Waals surface area contributed by atoms with Gasteiger partial charge in [-0.05, 0) is 99.2 Å². The minimum atomic E-state index is -0.00514. The molecule has 2 heteroatoms. The van der Waals surface area contributed by atoms with E-state index >= 15 is 0 Å². The fraction of sp³-hybridized carbons (Fsp3) is 0.759. The van der Waals surface area contributed by atoms with Crippen molar-refractivity contribution >= 4 is 5.97 Å². The second kappa shape index (κ2) is 12.7. The fourth-order valence-electron chi connectivity index (χ4n) is 5.96. The highest BCUT2D eigenvalue weighted by molar-refractivity contribution is 5.75. The van der Waals surface area contributed by atoms with Crippen LogP contribution < -0.4 is 4.74 Å². The third kappa shape index (κ3) is 7.65. The van der Waals surface area contributed by atoms with Crippen molar-refractivity contribution in [3.8, 4) is 5.75 Å². The average molecular weight is 427 g/mol. The lowest BCUT2D eigenvalue weighted by molar-refractivity contribution is -0.140. The molecule has 0 aliphatic heterocycles. The van der Waals surface area contributed by atoms with Gasteiger partial charge < -0.3 is 4.74 Å². The van der Waals surface area contributed by atoms with Crippen molar-refractivity contribution in [1.29, 1.82) is 0 Å². The van der Waals surface area contributed by atoms with Crippen LogP contribution in [0.4, 0.5) is 0 Å². The van der Waals surface area contributed by atoms with Crippen LogP contribution in [-0.4, -0.2) is 5.97 Å². The zero-order valence-electron chi connectivity index (χ0n) is 20.4. The van der Waals surface area contributed by atoms with E-state index in [-0.39, 0.29) is 11.9 Å². The molecule has 0 heterocycles. The van der Waals surface area contributed by atoms with E-state index in [1.165, 1.54) is 76.2 Å². The Bertz CT molecular complexity index is 633. The molecule has 1 unspecified atom stereocenters. The van der Waals surface area contributed by atoms with Crippen LogP contribution in [0.15, 0.2) is 24.3 Å². The fourth-order valence-corrected chi connectivity index (χ4v) is 5.96. The molecule has 0 bridgehead atoms. The van der Waals surface area contributed by atoms with E-state index in [2.05, 4.69) is 32.9 Å². The number of rotatable bonds is 10. The number of ether oxygens (including phenoxy) is 1. The van der Waals surface area contributed by atoms with Gasteiger partial charge in [-0.3, -0.25) is 4.79 Å². The third-order valence-electron chi connectivity index (χ3n) is 8.31. The summed E-state index contributed by atoms with van der Waals surface area (Å²) in [5.41, 5.74) is 1.34. The largest absolute Gasteiger partial charge is 0.426 e. The van der Waals surface area contributed by atoms with Crippen molar-refractivity contribution in [1.82, 2.24) is 0 Å². The van der Waals surface area contributed by atoms with Gasteiger partial charge in [-0.1, -0.05) is 65.0 Å². The Morgan fingerprint density at radius 2 is 1.52 bits per heavy atom. The zero-order valence-corrected chi connectivity index (χ0v) is 20.4. The van der Waals surface area contributed by atoms with Crippen LogP contribution in [0.25, 0.3) is 0 Å². The number of hydrogen-bond donors (Lipinski definition) is 0. The van der Waals surface area contributed by atoms with Gasteiger partial charge in [-0.25, -0.2) is 0 Å². The van der Waals surface area contributed by atoms with E-state index in [9.17, 15) is 4.79 Å². The van der Waals surface area contributed by atoms with Gasteiger partial charge in [0.15, 0.2) is 0 Å². The summed E-state index contributed by atoms with van der Waals surface area (Å²) in [5.74, 6) is 4.42. The molecule has 0 N–H and O–H groups in total. The predicted molar refractivity (Wildman–Crippen MR) is 130 cm³/mol. The van der Waals surface area contributed by atoms with Crippen molar-refractivity contribution in [3.05, 3.63) is 29.8 Å². The molecule has 2 aliphatic rings. The van der Waals surface area contributed by atoms with Crippen LogP contribution in [0, 0.1) is 29.6 Å². The standard InChI is InChI=1S/C29H46O2/c1-4-6-7-8-23-11-19-28(20-12-23)31-29(30)27-17-15-26(16-18-27)25-13-9-24(10-14-25)21-22(3)5-2/h11-12,19-20,22,24-27H,4-10,13-18,21H2,1-3H3. The summed E-state index contributed by atoms with van der Waals surface area (Å²) in [7, 11) is 0. The van der Waals surface area contributed by atoms with Gasteiger partial charge >= 0.3 is 5.97 Å². The summed E-state index contributed by atoms with van der Waals surface area (Å²) in [5, 5.41) is 0. The summed E-state index contributed by atoms with van der Waals surface area (Å²) in [6.45, 7) is 6.97. The second-order valence-electron chi connectivity index (χ2n) is 10.7. The molecule has 3 rings (SSSR count). The molecule has 1 aromatic carbocycles. The number of esters is 1. The maximum absolute atomic E-state index is 12.7. The van der Waals surface area contributed by atoms with Gasteiger partial charge in [0.1, 0.15) is 5.75 Å². The monoisotopic (exact) mass is 426 g/mol. The van der Waals surface area contributed by atoms with Crippen LogP contribution in [0.2, 0.25) is 0 Å². The van der Waals surface area contributed by atoms with Crippen LogP contribution in [-0.2, 0) is 11.2 Å². The summed E-state index contributed by atoms with van der Waals surface area (Å²) in [4.78, 5) is 12.7. The first kappa shape index (κ1) is 24.3. The van der Waals surface area contributed by atoms with Crippen molar-refractivity contribution in [2.45, 2.75) is 111 Å². The van der Waals surface area contributed by atoms with Crippen molar-refractivity contribution in [2.75, 3.05) is 0 Å². The van der Waals surface area contributed by atoms with E-state index in [1.54, 1.807) is 0 Å². The first-order valence-electron chi connectivity index (χ1n) is 13.4. The maximum atomic E-state index is 12.7. The molecule has 174 valence electrons. The summed E-state index contributed by atoms with van der Waals surface area (Å²) in [6, 6.07) is 8.19. The normalized spacial score (nSPS) is 27.6. The molecule has 2 fully saturated rings. The molecule has 0 saturated heterocycles. The molecular weight excluding hydrogens is 380 g/mol. The highest BCUT2D eigenvalue weighted by atomic mass is 16.5. The molecule has 2 nitrogen and oxygen atoms in total. The highest BCUT2D eigenvalue weighted by Gasteiger charge is 2.33. The van der Waals surface area contributed by atoms with Crippen LogP contribution in [0.5, 0.6) is 5.75 Å². The van der Waals surface area contributed by atoms with Crippen LogP contribution in [0.3, 0.4) is 0 Å². The number of unbranched alkanes of at least 4 members (excludes halogenated alkanes) is 2. The topological polar surface area (TPSA) is 26.3 Å². The molecule has 0 radical (unpaired) electrons. The lowest BCUT2D eigenvalue weighted by Crippen LogP contribution is -2.30. The molecule has 31 heavy (non-hydrogen) atoms. The van der Waals surface area contributed by atoms with E-state index in [0.29, 0.717) is 5.75 Å². The number of aryl methyl sites for hydroxylation is 1. The Kier molecular flexibility index (Phi) is 9.94. The Balaban J connectivity index is 1.37. The Labute approximate surface area is 191 Å². The molecule has 2 aliphatic carbocycles. The Morgan fingerprint density at radius 1 is 0.903 bits per heavy atom. The minimum absolute atomic E-state index is 0.00514. The van der Waals surface area contributed by atoms with Gasteiger partial charge in [-0.15, -0.1) is 0 Å². The lowest BCUT2D eigenvalue weighted by atomic mass is 9.68. The first-order valence-corrected chi connectivity index (χ1v) is 13.4. The number of hydrogen-bond acceptors (Lipinski definition) is 2. The molecular formula is C29H46O2. The number of benzene rings is 1. The minimum Gasteiger partial charge on any atom is -0.426 e. The molecule has 2 saturated carbocycles. The van der Waals surface area contributed by atoms with Gasteiger partial charge in [-0.2, -0.15) is 0 Å². The molecule has 0 aromatic heterocycles. The third-order valence-corrected chi connectivity index (χ3v) is 8.31. The Morgan fingerprint density at radius 3 is 2.10 bits per heavy atom. The van der Waals surface area contributed by atoms with Gasteiger partial charge in [0.25, 0.3) is 0 Å². The zero-order chi connectivity index (χ0) is 22.1. The van der Waals surface area contributed by atoms with Crippen molar-refractivity contribution in [2.24, 2.45) is 29.6 Å². The molecule has 0 spiro atoms. The van der Waals surface area contributed by atoms with Gasteiger partial charge in [0, 0.05) is 0 Å².